The van der Waals surface area contributed by atoms with Crippen LogP contribution < -0.4 is 21.3 Å². The van der Waals surface area contributed by atoms with E-state index in [1.54, 1.807) is 24.3 Å². The lowest BCUT2D eigenvalue weighted by atomic mass is 10.1. The van der Waals surface area contributed by atoms with Crippen LogP contribution in [0.25, 0.3) is 17.0 Å². The Labute approximate surface area is 234 Å². The van der Waals surface area contributed by atoms with Crippen LogP contribution in [0.15, 0.2) is 103 Å². The fourth-order valence-corrected chi connectivity index (χ4v) is 5.74. The first-order valence-corrected chi connectivity index (χ1v) is 13.8. The second-order valence-corrected chi connectivity index (χ2v) is 10.5. The van der Waals surface area contributed by atoms with Crippen molar-refractivity contribution in [3.05, 3.63) is 119 Å². The quantitative estimate of drug-likeness (QED) is 0.206. The molecule has 1 aliphatic rings. The van der Waals surface area contributed by atoms with Crippen LogP contribution in [0.2, 0.25) is 0 Å². The molecule has 6 aromatic rings. The highest BCUT2D eigenvalue weighted by Gasteiger charge is 2.22. The van der Waals surface area contributed by atoms with Crippen molar-refractivity contribution < 1.29 is 4.79 Å². The summed E-state index contributed by atoms with van der Waals surface area (Å²) in [4.78, 5) is 24.6. The van der Waals surface area contributed by atoms with Gasteiger partial charge in [0.25, 0.3) is 5.91 Å². The molecule has 0 bridgehead atoms. The second-order valence-electron chi connectivity index (χ2n) is 9.64. The van der Waals surface area contributed by atoms with Gasteiger partial charge in [-0.25, -0.2) is 9.97 Å². The van der Waals surface area contributed by atoms with Crippen molar-refractivity contribution in [1.82, 2.24) is 14.4 Å². The Hall–Kier alpha value is -5.15. The maximum absolute atomic E-state index is 12.6. The van der Waals surface area contributed by atoms with Crippen molar-refractivity contribution >= 4 is 50.8 Å². The summed E-state index contributed by atoms with van der Waals surface area (Å²) in [5.41, 5.74) is 15.0. The number of nitrogen functional groups attached to an aromatic ring is 1. The van der Waals surface area contributed by atoms with Gasteiger partial charge < -0.3 is 21.3 Å². The van der Waals surface area contributed by atoms with Crippen molar-refractivity contribution in [3.8, 4) is 11.4 Å². The number of rotatable bonds is 6. The normalized spacial score (nSPS) is 12.4. The Morgan fingerprint density at radius 1 is 0.900 bits per heavy atom. The van der Waals surface area contributed by atoms with E-state index >= 15 is 0 Å². The Morgan fingerprint density at radius 2 is 1.65 bits per heavy atom. The molecule has 0 atom stereocenters. The zero-order valence-electron chi connectivity index (χ0n) is 21.4. The highest BCUT2D eigenvalue weighted by molar-refractivity contribution is 7.14. The number of aromatic nitrogens is 3. The van der Waals surface area contributed by atoms with Crippen LogP contribution in [0.1, 0.15) is 21.5 Å². The maximum Gasteiger partial charge on any atom is 0.255 e. The van der Waals surface area contributed by atoms with E-state index in [-0.39, 0.29) is 5.91 Å². The van der Waals surface area contributed by atoms with Gasteiger partial charge in [-0.1, -0.05) is 36.4 Å². The van der Waals surface area contributed by atoms with Crippen LogP contribution in [0.5, 0.6) is 0 Å². The zero-order valence-corrected chi connectivity index (χ0v) is 22.2. The smallest absolute Gasteiger partial charge is 0.255 e. The lowest BCUT2D eigenvalue weighted by Crippen LogP contribution is -2.15. The van der Waals surface area contributed by atoms with Crippen molar-refractivity contribution in [2.24, 2.45) is 0 Å². The number of carbonyl (C=O) groups is 1. The fraction of sp³-hybridized carbons (Fsp3) is 0.0645. The molecule has 0 fully saturated rings. The van der Waals surface area contributed by atoms with Crippen molar-refractivity contribution in [1.29, 1.82) is 0 Å². The maximum atomic E-state index is 12.6. The Balaban J connectivity index is 1.07. The molecule has 0 saturated carbocycles. The number of thiazole rings is 1. The van der Waals surface area contributed by atoms with Crippen molar-refractivity contribution in [2.75, 3.05) is 21.3 Å². The van der Waals surface area contributed by atoms with Crippen LogP contribution in [-0.2, 0) is 13.1 Å². The molecule has 0 saturated heterocycles. The van der Waals surface area contributed by atoms with Gasteiger partial charge in [0.1, 0.15) is 5.69 Å². The molecule has 0 radical (unpaired) electrons. The molecular formula is C31H25N7OS. The van der Waals surface area contributed by atoms with Gasteiger partial charge in [-0.2, -0.15) is 0 Å². The molecule has 3 aromatic heterocycles. The van der Waals surface area contributed by atoms with Gasteiger partial charge in [0, 0.05) is 35.9 Å². The van der Waals surface area contributed by atoms with Crippen LogP contribution in [0, 0.1) is 0 Å². The van der Waals surface area contributed by atoms with E-state index in [2.05, 4.69) is 56.3 Å². The summed E-state index contributed by atoms with van der Waals surface area (Å²) in [6.45, 7) is 1.76. The van der Waals surface area contributed by atoms with E-state index in [4.69, 9.17) is 15.7 Å². The third-order valence-corrected chi connectivity index (χ3v) is 7.83. The number of anilines is 5. The van der Waals surface area contributed by atoms with Gasteiger partial charge in [0.05, 0.1) is 29.0 Å². The third kappa shape index (κ3) is 4.42. The minimum absolute atomic E-state index is 0.217. The molecule has 3 aromatic carbocycles. The fourth-order valence-electron chi connectivity index (χ4n) is 5.02. The third-order valence-electron chi connectivity index (χ3n) is 7.07. The predicted molar refractivity (Wildman–Crippen MR) is 161 cm³/mol. The first-order chi connectivity index (χ1) is 19.6. The molecule has 0 unspecified atom stereocenters. The number of hydrogen-bond acceptors (Lipinski definition) is 7. The summed E-state index contributed by atoms with van der Waals surface area (Å²) in [5.74, 6) is -0.217. The van der Waals surface area contributed by atoms with Crippen LogP contribution in [0.4, 0.5) is 27.9 Å². The Kier molecular flexibility index (Phi) is 5.90. The summed E-state index contributed by atoms with van der Waals surface area (Å²) < 4.78 is 2.10. The van der Waals surface area contributed by atoms with Gasteiger partial charge in [-0.05, 0) is 59.7 Å². The van der Waals surface area contributed by atoms with Gasteiger partial charge in [-0.15, -0.1) is 11.3 Å². The van der Waals surface area contributed by atoms with E-state index in [0.29, 0.717) is 16.9 Å². The lowest BCUT2D eigenvalue weighted by Gasteiger charge is -2.18. The minimum Gasteiger partial charge on any atom is -0.397 e. The predicted octanol–water partition coefficient (Wildman–Crippen LogP) is 6.56. The van der Waals surface area contributed by atoms with Gasteiger partial charge in [0.2, 0.25) is 0 Å². The monoisotopic (exact) mass is 543 g/mol. The highest BCUT2D eigenvalue weighted by atomic mass is 32.1. The topological polar surface area (TPSA) is 101 Å². The number of amides is 1. The number of benzene rings is 3. The summed E-state index contributed by atoms with van der Waals surface area (Å²) in [5, 5.41) is 8.97. The molecule has 40 heavy (non-hydrogen) atoms. The number of nitrogens with two attached hydrogens (primary N) is 1. The average molecular weight is 544 g/mol. The summed E-state index contributed by atoms with van der Waals surface area (Å²) in [6.07, 6.45) is 3.91. The van der Waals surface area contributed by atoms with Crippen molar-refractivity contribution in [3.63, 3.8) is 0 Å². The molecule has 9 heteroatoms. The minimum atomic E-state index is -0.217. The lowest BCUT2D eigenvalue weighted by molar-refractivity contribution is 0.102. The van der Waals surface area contributed by atoms with Crippen LogP contribution in [-0.4, -0.2) is 20.3 Å². The van der Waals surface area contributed by atoms with Gasteiger partial charge >= 0.3 is 0 Å². The van der Waals surface area contributed by atoms with E-state index in [0.717, 1.165) is 46.6 Å². The number of nitrogens with zero attached hydrogens (tertiary/aromatic N) is 4. The molecule has 4 N–H and O–H groups in total. The number of pyridine rings is 1. The number of para-hydroxylation sites is 2. The number of nitrogens with one attached hydrogen (secondary N) is 2. The number of carbonyl (C=O) groups excluding carboxylic acids is 1. The van der Waals surface area contributed by atoms with E-state index in [1.807, 2.05) is 42.0 Å². The molecule has 8 nitrogen and oxygen atoms in total. The Bertz CT molecular complexity index is 1830. The van der Waals surface area contributed by atoms with Crippen LogP contribution >= 0.6 is 11.3 Å². The first-order valence-electron chi connectivity index (χ1n) is 12.9. The molecule has 196 valence electrons. The van der Waals surface area contributed by atoms with E-state index in [1.165, 1.54) is 22.5 Å². The molecule has 1 aliphatic heterocycles. The number of fused-ring (bicyclic) bond motifs is 2. The first kappa shape index (κ1) is 23.9. The Morgan fingerprint density at radius 3 is 2.42 bits per heavy atom. The standard InChI is InChI=1S/C31H25N7OS/c32-24-8-3-4-9-25(24)35-30(39)20-11-13-23(14-12-20)34-31-36-26(19-40-31)28-16-33-29-27(10-5-15-38(28)29)37-17-21-6-1-2-7-22(21)18-37/h1-16,19H,17-18,32H2,(H,34,36)(H,35,39). The summed E-state index contributed by atoms with van der Waals surface area (Å²) >= 11 is 1.52. The average Bonchev–Trinajstić information content (AvgIpc) is 3.72. The molecule has 0 aliphatic carbocycles. The molecule has 4 heterocycles. The molecule has 7 rings (SSSR count). The molecular weight excluding hydrogens is 518 g/mol. The molecule has 0 spiro atoms. The van der Waals surface area contributed by atoms with E-state index in [9.17, 15) is 4.79 Å². The second kappa shape index (κ2) is 9.87. The summed E-state index contributed by atoms with van der Waals surface area (Å²) in [7, 11) is 0. The molecule has 1 amide bonds. The van der Waals surface area contributed by atoms with Crippen LogP contribution in [0.3, 0.4) is 0 Å². The highest BCUT2D eigenvalue weighted by Crippen LogP contribution is 2.33. The largest absolute Gasteiger partial charge is 0.397 e. The van der Waals surface area contributed by atoms with Gasteiger partial charge in [0.15, 0.2) is 10.8 Å². The number of hydrogen-bond donors (Lipinski definition) is 3. The summed E-state index contributed by atoms with van der Waals surface area (Å²) in [6, 6.07) is 27.2. The van der Waals surface area contributed by atoms with Gasteiger partial charge in [-0.3, -0.25) is 9.20 Å². The zero-order chi connectivity index (χ0) is 27.1. The number of imidazole rings is 1. The SMILES string of the molecule is Nc1ccccc1NC(=O)c1ccc(Nc2nc(-c3cnc4c(N5Cc6ccccc6C5)cccn34)cs2)cc1. The van der Waals surface area contributed by atoms with E-state index < -0.39 is 0 Å². The van der Waals surface area contributed by atoms with Crippen molar-refractivity contribution in [2.45, 2.75) is 13.1 Å².